The van der Waals surface area contributed by atoms with Gasteiger partial charge in [-0.25, -0.2) is 9.78 Å². The number of hydrogen-bond donors (Lipinski definition) is 2. The summed E-state index contributed by atoms with van der Waals surface area (Å²) in [6, 6.07) is 4.15. The highest BCUT2D eigenvalue weighted by Gasteiger charge is 2.11. The van der Waals surface area contributed by atoms with Gasteiger partial charge in [0, 0.05) is 5.38 Å². The van der Waals surface area contributed by atoms with Gasteiger partial charge in [-0.15, -0.1) is 11.3 Å². The van der Waals surface area contributed by atoms with Crippen molar-refractivity contribution in [1.82, 2.24) is 4.98 Å². The average Bonchev–Trinajstić information content (AvgIpc) is 2.77. The highest BCUT2D eigenvalue weighted by molar-refractivity contribution is 7.09. The summed E-state index contributed by atoms with van der Waals surface area (Å²) in [5, 5.41) is 14.4. The molecule has 2 aromatic rings. The number of halogens is 1. The van der Waals surface area contributed by atoms with E-state index < -0.39 is 5.97 Å². The maximum Gasteiger partial charge on any atom is 0.335 e. The Morgan fingerprint density at radius 1 is 1.45 bits per heavy atom. The second-order valence-corrected chi connectivity index (χ2v) is 5.55. The standard InChI is InChI=1S/C13H11ClN2O3S/c1-7-15-9(6-20-7)5-12(17)16-11-3-2-8(13(18)19)4-10(11)14/h2-4,6H,5H2,1H3,(H,16,17)(H,18,19). The number of nitrogens with one attached hydrogen (secondary N) is 1. The van der Waals surface area contributed by atoms with Crippen LogP contribution in [0.2, 0.25) is 5.02 Å². The molecule has 1 aromatic carbocycles. The van der Waals surface area contributed by atoms with Crippen LogP contribution in [0, 0.1) is 6.92 Å². The Bertz CT molecular complexity index is 669. The molecule has 0 saturated heterocycles. The van der Waals surface area contributed by atoms with Crippen LogP contribution in [0.15, 0.2) is 23.6 Å². The molecule has 1 amide bonds. The van der Waals surface area contributed by atoms with Crippen LogP contribution in [0.4, 0.5) is 5.69 Å². The molecule has 0 aliphatic carbocycles. The summed E-state index contributed by atoms with van der Waals surface area (Å²) in [7, 11) is 0. The van der Waals surface area contributed by atoms with Crippen molar-refractivity contribution in [3.8, 4) is 0 Å². The van der Waals surface area contributed by atoms with Crippen LogP contribution >= 0.6 is 22.9 Å². The van der Waals surface area contributed by atoms with E-state index in [-0.39, 0.29) is 22.9 Å². The zero-order chi connectivity index (χ0) is 14.7. The molecule has 104 valence electrons. The van der Waals surface area contributed by atoms with E-state index in [1.165, 1.54) is 29.5 Å². The monoisotopic (exact) mass is 310 g/mol. The molecule has 20 heavy (non-hydrogen) atoms. The van der Waals surface area contributed by atoms with E-state index in [0.29, 0.717) is 11.4 Å². The van der Waals surface area contributed by atoms with Gasteiger partial charge in [0.1, 0.15) is 0 Å². The van der Waals surface area contributed by atoms with Gasteiger partial charge in [0.2, 0.25) is 5.91 Å². The summed E-state index contributed by atoms with van der Waals surface area (Å²) in [6.45, 7) is 1.87. The minimum Gasteiger partial charge on any atom is -0.478 e. The van der Waals surface area contributed by atoms with Crippen molar-refractivity contribution < 1.29 is 14.7 Å². The molecular formula is C13H11ClN2O3S. The molecule has 2 N–H and O–H groups in total. The first-order chi connectivity index (χ1) is 9.45. The van der Waals surface area contributed by atoms with Crippen LogP contribution < -0.4 is 5.32 Å². The van der Waals surface area contributed by atoms with E-state index in [0.717, 1.165) is 5.01 Å². The van der Waals surface area contributed by atoms with Crippen molar-refractivity contribution in [2.24, 2.45) is 0 Å². The van der Waals surface area contributed by atoms with E-state index in [2.05, 4.69) is 10.3 Å². The molecule has 0 spiro atoms. The zero-order valence-corrected chi connectivity index (χ0v) is 12.1. The van der Waals surface area contributed by atoms with Gasteiger partial charge < -0.3 is 10.4 Å². The highest BCUT2D eigenvalue weighted by atomic mass is 35.5. The average molecular weight is 311 g/mol. The number of hydrogen-bond acceptors (Lipinski definition) is 4. The number of carboxylic acids is 1. The fourth-order valence-electron chi connectivity index (χ4n) is 1.60. The fourth-order valence-corrected chi connectivity index (χ4v) is 2.44. The molecule has 1 heterocycles. The number of carbonyl (C=O) groups excluding carboxylic acids is 1. The molecule has 0 saturated carbocycles. The van der Waals surface area contributed by atoms with Crippen LogP contribution in [-0.4, -0.2) is 22.0 Å². The molecule has 0 fully saturated rings. The molecule has 0 aliphatic heterocycles. The van der Waals surface area contributed by atoms with Crippen LogP contribution in [0.3, 0.4) is 0 Å². The number of aryl methyl sites for hydroxylation is 1. The first kappa shape index (κ1) is 14.5. The number of benzene rings is 1. The number of thiazole rings is 1. The molecule has 0 bridgehead atoms. The molecule has 0 atom stereocenters. The third-order valence-electron chi connectivity index (χ3n) is 2.50. The van der Waals surface area contributed by atoms with Crippen molar-refractivity contribution >= 4 is 40.5 Å². The molecular weight excluding hydrogens is 300 g/mol. The second-order valence-electron chi connectivity index (χ2n) is 4.08. The van der Waals surface area contributed by atoms with Crippen molar-refractivity contribution in [3.63, 3.8) is 0 Å². The van der Waals surface area contributed by atoms with E-state index in [9.17, 15) is 9.59 Å². The van der Waals surface area contributed by atoms with Gasteiger partial charge in [0.05, 0.1) is 33.4 Å². The number of carboxylic acid groups (broad SMARTS) is 1. The Morgan fingerprint density at radius 2 is 2.20 bits per heavy atom. The van der Waals surface area contributed by atoms with Gasteiger partial charge in [-0.05, 0) is 25.1 Å². The Balaban J connectivity index is 2.06. The maximum absolute atomic E-state index is 11.8. The SMILES string of the molecule is Cc1nc(CC(=O)Nc2ccc(C(=O)O)cc2Cl)cs1. The number of rotatable bonds is 4. The summed E-state index contributed by atoms with van der Waals surface area (Å²) in [4.78, 5) is 26.8. The quantitative estimate of drug-likeness (QED) is 0.910. The van der Waals surface area contributed by atoms with Gasteiger partial charge >= 0.3 is 5.97 Å². The minimum atomic E-state index is -1.07. The molecule has 0 aliphatic rings. The smallest absolute Gasteiger partial charge is 0.335 e. The molecule has 7 heteroatoms. The minimum absolute atomic E-state index is 0.0723. The van der Waals surface area contributed by atoms with Crippen molar-refractivity contribution in [3.05, 3.63) is 44.9 Å². The normalized spacial score (nSPS) is 10.3. The number of aromatic carboxylic acids is 1. The number of carbonyl (C=O) groups is 2. The third-order valence-corrected chi connectivity index (χ3v) is 3.63. The largest absolute Gasteiger partial charge is 0.478 e. The van der Waals surface area contributed by atoms with Gasteiger partial charge in [-0.2, -0.15) is 0 Å². The van der Waals surface area contributed by atoms with Crippen LogP contribution in [0.25, 0.3) is 0 Å². The summed E-state index contributed by atoms with van der Waals surface area (Å²) >= 11 is 7.41. The number of aromatic nitrogens is 1. The number of anilines is 1. The summed E-state index contributed by atoms with van der Waals surface area (Å²) in [5.74, 6) is -1.32. The zero-order valence-electron chi connectivity index (χ0n) is 10.5. The summed E-state index contributed by atoms with van der Waals surface area (Å²) < 4.78 is 0. The Labute approximate surface area is 124 Å². The van der Waals surface area contributed by atoms with Crippen molar-refractivity contribution in [1.29, 1.82) is 0 Å². The third kappa shape index (κ3) is 3.55. The van der Waals surface area contributed by atoms with E-state index in [4.69, 9.17) is 16.7 Å². The van der Waals surface area contributed by atoms with Gasteiger partial charge in [0.15, 0.2) is 0 Å². The lowest BCUT2D eigenvalue weighted by atomic mass is 10.2. The van der Waals surface area contributed by atoms with Crippen LogP contribution in [-0.2, 0) is 11.2 Å². The van der Waals surface area contributed by atoms with Gasteiger partial charge in [-0.3, -0.25) is 4.79 Å². The molecule has 0 radical (unpaired) electrons. The predicted octanol–water partition coefficient (Wildman–Crippen LogP) is 2.98. The topological polar surface area (TPSA) is 79.3 Å². The molecule has 1 aromatic heterocycles. The van der Waals surface area contributed by atoms with Gasteiger partial charge in [0.25, 0.3) is 0 Å². The first-order valence-corrected chi connectivity index (χ1v) is 6.95. The summed E-state index contributed by atoms with van der Waals surface area (Å²) in [6.07, 6.45) is 0.154. The van der Waals surface area contributed by atoms with Crippen molar-refractivity contribution in [2.45, 2.75) is 13.3 Å². The van der Waals surface area contributed by atoms with E-state index in [1.807, 2.05) is 12.3 Å². The Morgan fingerprint density at radius 3 is 2.75 bits per heavy atom. The lowest BCUT2D eigenvalue weighted by molar-refractivity contribution is -0.115. The lowest BCUT2D eigenvalue weighted by Gasteiger charge is -2.07. The maximum atomic E-state index is 11.8. The molecule has 0 unspecified atom stereocenters. The second kappa shape index (κ2) is 6.02. The van der Waals surface area contributed by atoms with E-state index in [1.54, 1.807) is 0 Å². The predicted molar refractivity (Wildman–Crippen MR) is 77.6 cm³/mol. The van der Waals surface area contributed by atoms with Gasteiger partial charge in [-0.1, -0.05) is 11.6 Å². The number of nitrogens with zero attached hydrogens (tertiary/aromatic N) is 1. The van der Waals surface area contributed by atoms with E-state index >= 15 is 0 Å². The van der Waals surface area contributed by atoms with Crippen LogP contribution in [0.5, 0.6) is 0 Å². The molecule has 5 nitrogen and oxygen atoms in total. The summed E-state index contributed by atoms with van der Waals surface area (Å²) in [5.41, 5.74) is 1.15. The van der Waals surface area contributed by atoms with Crippen LogP contribution in [0.1, 0.15) is 21.1 Å². The Hall–Kier alpha value is -1.92. The molecule has 2 rings (SSSR count). The number of amides is 1. The first-order valence-electron chi connectivity index (χ1n) is 5.69. The highest BCUT2D eigenvalue weighted by Crippen LogP contribution is 2.23. The lowest BCUT2D eigenvalue weighted by Crippen LogP contribution is -2.15. The van der Waals surface area contributed by atoms with Crippen molar-refractivity contribution in [2.75, 3.05) is 5.32 Å². The Kier molecular flexibility index (Phi) is 4.36. The fraction of sp³-hybridized carbons (Fsp3) is 0.154.